The molecule has 2 aliphatic rings. The van der Waals surface area contributed by atoms with E-state index in [1.807, 2.05) is 31.1 Å². The van der Waals surface area contributed by atoms with Gasteiger partial charge >= 0.3 is 6.01 Å². The Morgan fingerprint density at radius 3 is 2.39 bits per heavy atom. The number of hydrogen-bond donors (Lipinski definition) is 2. The molecule has 0 radical (unpaired) electrons. The van der Waals surface area contributed by atoms with E-state index in [0.29, 0.717) is 42.1 Å². The van der Waals surface area contributed by atoms with Crippen molar-refractivity contribution in [2.45, 2.75) is 24.9 Å². The van der Waals surface area contributed by atoms with E-state index in [-0.39, 0.29) is 27.7 Å². The molecule has 1 aromatic heterocycles. The first kappa shape index (κ1) is 24.6. The van der Waals surface area contributed by atoms with Crippen LogP contribution in [0.25, 0.3) is 22.0 Å². The van der Waals surface area contributed by atoms with Crippen LogP contribution < -0.4 is 19.9 Å². The van der Waals surface area contributed by atoms with Crippen LogP contribution in [0.4, 0.5) is 20.3 Å². The van der Waals surface area contributed by atoms with Crippen LogP contribution in [0.5, 0.6) is 17.5 Å². The van der Waals surface area contributed by atoms with Gasteiger partial charge in [0, 0.05) is 55.9 Å². The number of phenolic OH excluding ortho intramolecular Hbond substituents is 1. The molecule has 0 spiro atoms. The van der Waals surface area contributed by atoms with Gasteiger partial charge in [-0.15, -0.1) is 0 Å². The summed E-state index contributed by atoms with van der Waals surface area (Å²) in [6.07, 6.45) is 2.11. The Hall–Kier alpha value is -3.69. The third kappa shape index (κ3) is 4.35. The lowest BCUT2D eigenvalue weighted by Crippen LogP contribution is -2.51. The number of nitrogens with zero attached hydrogens (tertiary/aromatic N) is 4. The maximum absolute atomic E-state index is 16.2. The van der Waals surface area contributed by atoms with Gasteiger partial charge in [0.15, 0.2) is 5.82 Å². The summed E-state index contributed by atoms with van der Waals surface area (Å²) < 4.78 is 37.0. The Kier molecular flexibility index (Phi) is 6.20. The van der Waals surface area contributed by atoms with Crippen molar-refractivity contribution in [2.75, 3.05) is 37.0 Å². The average Bonchev–Trinajstić information content (AvgIpc) is 3.23. The second-order valence-electron chi connectivity index (χ2n) is 9.94. The van der Waals surface area contributed by atoms with Crippen LogP contribution in [-0.4, -0.2) is 54.3 Å². The third-order valence-corrected chi connectivity index (χ3v) is 7.46. The smallest absolute Gasteiger partial charge is 0.324 e. The van der Waals surface area contributed by atoms with Crippen molar-refractivity contribution in [1.82, 2.24) is 15.3 Å². The van der Waals surface area contributed by atoms with Crippen LogP contribution in [0.15, 0.2) is 48.5 Å². The maximum Gasteiger partial charge on any atom is 0.324 e. The third-order valence-electron chi connectivity index (χ3n) is 7.16. The zero-order chi connectivity index (χ0) is 26.6. The normalized spacial score (nSPS) is 18.7. The lowest BCUT2D eigenvalue weighted by Gasteiger charge is -2.34. The van der Waals surface area contributed by atoms with Crippen LogP contribution in [0, 0.1) is 11.6 Å². The first-order chi connectivity index (χ1) is 18.3. The highest BCUT2D eigenvalue weighted by Gasteiger charge is 2.34. The monoisotopic (exact) mass is 537 g/mol. The van der Waals surface area contributed by atoms with E-state index in [1.54, 1.807) is 12.1 Å². The molecule has 38 heavy (non-hydrogen) atoms. The number of phenols is 1. The van der Waals surface area contributed by atoms with Gasteiger partial charge < -0.3 is 25.0 Å². The van der Waals surface area contributed by atoms with Crippen molar-refractivity contribution in [2.24, 2.45) is 0 Å². The lowest BCUT2D eigenvalue weighted by atomic mass is 10.0. The predicted octanol–water partition coefficient (Wildman–Crippen LogP) is 5.73. The van der Waals surface area contributed by atoms with Gasteiger partial charge in [-0.3, -0.25) is 0 Å². The summed E-state index contributed by atoms with van der Waals surface area (Å²) >= 11 is 6.54. The molecule has 196 valence electrons. The number of nitrogens with one attached hydrogen (secondary N) is 1. The van der Waals surface area contributed by atoms with Gasteiger partial charge in [-0.05, 0) is 55.3 Å². The van der Waals surface area contributed by atoms with Gasteiger partial charge in [-0.2, -0.15) is 9.97 Å². The van der Waals surface area contributed by atoms with Gasteiger partial charge in [0.1, 0.15) is 28.7 Å². The maximum atomic E-state index is 16.2. The number of fused-ring (bicyclic) bond motifs is 3. The second kappa shape index (κ2) is 9.56. The van der Waals surface area contributed by atoms with E-state index in [9.17, 15) is 9.50 Å². The van der Waals surface area contributed by atoms with Crippen molar-refractivity contribution in [3.05, 3.63) is 65.2 Å². The van der Waals surface area contributed by atoms with Crippen LogP contribution >= 0.6 is 11.6 Å². The number of rotatable bonds is 5. The molecular weight excluding hydrogens is 512 g/mol. The predicted molar refractivity (Wildman–Crippen MR) is 145 cm³/mol. The number of piperazine rings is 1. The molecule has 4 aromatic rings. The van der Waals surface area contributed by atoms with E-state index < -0.39 is 17.4 Å². The van der Waals surface area contributed by atoms with E-state index in [0.717, 1.165) is 24.6 Å². The number of hydrogen-bond acceptors (Lipinski definition) is 7. The van der Waals surface area contributed by atoms with Gasteiger partial charge in [-0.25, -0.2) is 8.78 Å². The summed E-state index contributed by atoms with van der Waals surface area (Å²) in [7, 11) is 3.88. The zero-order valence-electron chi connectivity index (χ0n) is 20.9. The van der Waals surface area contributed by atoms with Gasteiger partial charge in [0.2, 0.25) is 0 Å². The first-order valence-electron chi connectivity index (χ1n) is 12.4. The van der Waals surface area contributed by atoms with Crippen LogP contribution in [0.3, 0.4) is 0 Å². The highest BCUT2D eigenvalue weighted by Crippen LogP contribution is 2.43. The number of ether oxygens (including phenoxy) is 1. The van der Waals surface area contributed by atoms with E-state index in [2.05, 4.69) is 15.2 Å². The molecule has 0 aliphatic carbocycles. The van der Waals surface area contributed by atoms with Crippen molar-refractivity contribution < 1.29 is 18.6 Å². The van der Waals surface area contributed by atoms with Gasteiger partial charge in [-0.1, -0.05) is 17.7 Å². The van der Waals surface area contributed by atoms with Crippen molar-refractivity contribution in [1.29, 1.82) is 0 Å². The first-order valence-corrected chi connectivity index (χ1v) is 12.8. The summed E-state index contributed by atoms with van der Waals surface area (Å²) in [5.41, 5.74) is 0.340. The van der Waals surface area contributed by atoms with Gasteiger partial charge in [0.25, 0.3) is 0 Å². The van der Waals surface area contributed by atoms with E-state index in [4.69, 9.17) is 21.3 Å². The molecule has 2 aliphatic heterocycles. The van der Waals surface area contributed by atoms with Crippen LogP contribution in [0.1, 0.15) is 12.8 Å². The topological polar surface area (TPSA) is 73.8 Å². The number of aromatic nitrogens is 2. The highest BCUT2D eigenvalue weighted by molar-refractivity contribution is 6.34. The van der Waals surface area contributed by atoms with Gasteiger partial charge in [0.05, 0.1) is 10.6 Å². The molecule has 3 heterocycles. The molecule has 0 amide bonds. The molecular formula is C28H26ClF2N5O2. The van der Waals surface area contributed by atoms with Crippen molar-refractivity contribution in [3.8, 4) is 28.6 Å². The molecule has 2 fully saturated rings. The van der Waals surface area contributed by atoms with Crippen LogP contribution in [-0.2, 0) is 0 Å². The zero-order valence-corrected chi connectivity index (χ0v) is 21.6. The largest absolute Gasteiger partial charge is 0.507 e. The Morgan fingerprint density at radius 1 is 1.03 bits per heavy atom. The summed E-state index contributed by atoms with van der Waals surface area (Å²) in [5, 5.41) is 14.3. The van der Waals surface area contributed by atoms with Crippen LogP contribution in [0.2, 0.25) is 5.02 Å². The molecule has 6 rings (SSSR count). The van der Waals surface area contributed by atoms with Crippen molar-refractivity contribution >= 4 is 34.0 Å². The number of halogens is 3. The molecule has 0 saturated carbocycles. The number of benzene rings is 3. The SMILES string of the molecule is CN(C)c1ccc(Oc2nc(N3CC4CCC(C3)N4)c3cc(Cl)c(-c4c(O)cccc4F)c(F)c3n2)cc1. The minimum Gasteiger partial charge on any atom is -0.507 e. The van der Waals surface area contributed by atoms with Crippen molar-refractivity contribution in [3.63, 3.8) is 0 Å². The lowest BCUT2D eigenvalue weighted by molar-refractivity contribution is 0.437. The quantitative estimate of drug-likeness (QED) is 0.336. The molecule has 2 atom stereocenters. The average molecular weight is 538 g/mol. The standard InChI is InChI=1S/C28H26ClF2N5O2/c1-35(2)17-8-10-18(11-9-17)38-28-33-26-19(27(34-28)36-13-15-6-7-16(14-36)32-15)12-20(29)23(25(26)31)24-21(30)4-3-5-22(24)37/h3-5,8-12,15-16,32,37H,6-7,13-14H2,1-2H3. The van der Waals surface area contributed by atoms with E-state index in [1.165, 1.54) is 18.2 Å². The summed E-state index contributed by atoms with van der Waals surface area (Å²) in [5.74, 6) is -1.09. The minimum absolute atomic E-state index is 0.0408. The summed E-state index contributed by atoms with van der Waals surface area (Å²) in [4.78, 5) is 13.2. The summed E-state index contributed by atoms with van der Waals surface area (Å²) in [6.45, 7) is 1.38. The Bertz CT molecular complexity index is 1500. The molecule has 2 saturated heterocycles. The Balaban J connectivity index is 1.52. The number of anilines is 2. The second-order valence-corrected chi connectivity index (χ2v) is 10.3. The highest BCUT2D eigenvalue weighted by atomic mass is 35.5. The Morgan fingerprint density at radius 2 is 1.74 bits per heavy atom. The molecule has 2 unspecified atom stereocenters. The summed E-state index contributed by atoms with van der Waals surface area (Å²) in [6, 6.07) is 13.2. The molecule has 7 nitrogen and oxygen atoms in total. The molecule has 2 N–H and O–H groups in total. The molecule has 3 aromatic carbocycles. The fourth-order valence-corrected chi connectivity index (χ4v) is 5.61. The fraction of sp³-hybridized carbons (Fsp3) is 0.286. The number of aromatic hydroxyl groups is 1. The minimum atomic E-state index is -0.859. The fourth-order valence-electron chi connectivity index (χ4n) is 5.32. The Labute approximate surface area is 223 Å². The molecule has 10 heteroatoms. The molecule has 2 bridgehead atoms. The van der Waals surface area contributed by atoms with E-state index >= 15 is 4.39 Å².